The van der Waals surface area contributed by atoms with Crippen LogP contribution in [0.5, 0.6) is 0 Å². The van der Waals surface area contributed by atoms with Crippen molar-refractivity contribution in [1.82, 2.24) is 0 Å². The summed E-state index contributed by atoms with van der Waals surface area (Å²) in [4.78, 5) is 0. The van der Waals surface area contributed by atoms with Gasteiger partial charge in [-0.2, -0.15) is 0 Å². The largest absolute Gasteiger partial charge is 0.442 e. The van der Waals surface area contributed by atoms with Gasteiger partial charge in [0.1, 0.15) is 0 Å². The van der Waals surface area contributed by atoms with E-state index < -0.39 is 11.9 Å². The maximum Gasteiger partial charge on any atom is 0.414 e. The first kappa shape index (κ1) is 20.3. The zero-order valence-corrected chi connectivity index (χ0v) is 13.8. The van der Waals surface area contributed by atoms with Crippen LogP contribution < -0.4 is 0 Å². The normalized spacial score (nSPS) is 15.0. The third kappa shape index (κ3) is 5.23. The van der Waals surface area contributed by atoms with Gasteiger partial charge < -0.3 is 28.4 Å². The van der Waals surface area contributed by atoms with Crippen molar-refractivity contribution in [2.75, 3.05) is 26.4 Å². The van der Waals surface area contributed by atoms with Crippen molar-refractivity contribution in [3.8, 4) is 0 Å². The van der Waals surface area contributed by atoms with Gasteiger partial charge in [0.15, 0.2) is 0 Å². The second-order valence-electron chi connectivity index (χ2n) is 4.21. The minimum absolute atomic E-state index is 0.0650. The lowest BCUT2D eigenvalue weighted by atomic mass is 10.3. The summed E-state index contributed by atoms with van der Waals surface area (Å²) in [5.74, 6) is -3.44. The molecule has 1 atom stereocenters. The Morgan fingerprint density at radius 1 is 0.905 bits per heavy atom. The molecule has 125 valence electrons. The molecule has 0 heterocycles. The lowest BCUT2D eigenvalue weighted by Crippen LogP contribution is -2.64. The maximum absolute atomic E-state index is 5.81. The zero-order chi connectivity index (χ0) is 16.4. The average Bonchev–Trinajstić information content (AvgIpc) is 2.39. The second-order valence-corrected chi connectivity index (χ2v) is 4.21. The van der Waals surface area contributed by atoms with Crippen molar-refractivity contribution < 1.29 is 28.4 Å². The van der Waals surface area contributed by atoms with E-state index in [2.05, 4.69) is 13.5 Å². The molecule has 0 rings (SSSR count). The van der Waals surface area contributed by atoms with Gasteiger partial charge in [-0.25, -0.2) is 0 Å². The maximum atomic E-state index is 5.81. The summed E-state index contributed by atoms with van der Waals surface area (Å²) in [6.45, 7) is 17.3. The van der Waals surface area contributed by atoms with E-state index in [0.29, 0.717) is 19.8 Å². The van der Waals surface area contributed by atoms with Crippen LogP contribution in [0.25, 0.3) is 0 Å². The molecule has 0 aromatic rings. The molecular weight excluding hydrogens is 276 g/mol. The lowest BCUT2D eigenvalue weighted by Gasteiger charge is -2.45. The molecule has 6 heteroatoms. The monoisotopic (exact) mass is 305 g/mol. The smallest absolute Gasteiger partial charge is 0.414 e. The fourth-order valence-corrected chi connectivity index (χ4v) is 1.84. The first-order valence-corrected chi connectivity index (χ1v) is 7.29. The molecule has 1 unspecified atom stereocenters. The van der Waals surface area contributed by atoms with Crippen LogP contribution >= 0.6 is 0 Å². The Kier molecular flexibility index (Phi) is 9.81. The van der Waals surface area contributed by atoms with E-state index in [9.17, 15) is 0 Å². The van der Waals surface area contributed by atoms with Gasteiger partial charge in [-0.3, -0.25) is 0 Å². The Morgan fingerprint density at radius 2 is 1.38 bits per heavy atom. The van der Waals surface area contributed by atoms with Gasteiger partial charge in [0.25, 0.3) is 0 Å². The third-order valence-corrected chi connectivity index (χ3v) is 2.30. The number of rotatable bonds is 13. The van der Waals surface area contributed by atoms with E-state index in [0.717, 1.165) is 0 Å². The summed E-state index contributed by atoms with van der Waals surface area (Å²) < 4.78 is 34.0. The van der Waals surface area contributed by atoms with Crippen molar-refractivity contribution in [3.63, 3.8) is 0 Å². The summed E-state index contributed by atoms with van der Waals surface area (Å²) >= 11 is 0. The molecular formula is C15H29O6. The van der Waals surface area contributed by atoms with E-state index in [-0.39, 0.29) is 12.7 Å². The van der Waals surface area contributed by atoms with Crippen molar-refractivity contribution in [2.45, 2.75) is 52.7 Å². The van der Waals surface area contributed by atoms with Crippen molar-refractivity contribution in [1.29, 1.82) is 0 Å². The number of hydrogen-bond acceptors (Lipinski definition) is 6. The van der Waals surface area contributed by atoms with Crippen LogP contribution in [0.15, 0.2) is 12.8 Å². The minimum atomic E-state index is -1.76. The Morgan fingerprint density at radius 3 is 1.67 bits per heavy atom. The van der Waals surface area contributed by atoms with Gasteiger partial charge in [-0.15, -0.1) is 0 Å². The third-order valence-electron chi connectivity index (χ3n) is 2.30. The van der Waals surface area contributed by atoms with E-state index in [1.165, 1.54) is 6.26 Å². The van der Waals surface area contributed by atoms with Gasteiger partial charge in [-0.05, 0) is 41.5 Å². The minimum Gasteiger partial charge on any atom is -0.442 e. The van der Waals surface area contributed by atoms with Crippen LogP contribution in [0, 0.1) is 6.92 Å². The highest BCUT2D eigenvalue weighted by Gasteiger charge is 2.62. The molecule has 0 aromatic heterocycles. The fraction of sp³-hybridized carbons (Fsp3) is 0.800. The molecule has 0 saturated carbocycles. The summed E-state index contributed by atoms with van der Waals surface area (Å²) in [5, 5.41) is 0. The second kappa shape index (κ2) is 10.1. The van der Waals surface area contributed by atoms with Crippen LogP contribution in [-0.4, -0.2) is 44.5 Å². The Labute approximate surface area is 128 Å². The van der Waals surface area contributed by atoms with Gasteiger partial charge >= 0.3 is 11.9 Å². The number of hydrogen-bond donors (Lipinski definition) is 0. The van der Waals surface area contributed by atoms with Crippen molar-refractivity contribution >= 4 is 0 Å². The molecule has 0 fully saturated rings. The Hall–Kier alpha value is -0.660. The molecule has 0 N–H and O–H groups in total. The predicted octanol–water partition coefficient (Wildman–Crippen LogP) is 2.84. The summed E-state index contributed by atoms with van der Waals surface area (Å²) in [5.41, 5.74) is 0. The molecule has 0 aliphatic rings. The highest BCUT2D eigenvalue weighted by Crippen LogP contribution is 2.37. The average molecular weight is 305 g/mol. The standard InChI is InChI=1S/C15H29O6/c1-8-16-14(17-9-2,18-10-3)15(19-11-4,20-12-5)21-13(6)7/h11,13H,4-5,8-10,12H2,1-3,6-7H3. The molecule has 0 saturated heterocycles. The topological polar surface area (TPSA) is 55.4 Å². The zero-order valence-electron chi connectivity index (χ0n) is 13.8. The molecule has 1 radical (unpaired) electrons. The van der Waals surface area contributed by atoms with E-state index in [1.54, 1.807) is 0 Å². The Balaban J connectivity index is 5.83. The molecule has 0 aliphatic heterocycles. The first-order valence-electron chi connectivity index (χ1n) is 7.29. The molecule has 0 bridgehead atoms. The Bertz CT molecular complexity index is 264. The molecule has 0 aromatic carbocycles. The highest BCUT2D eigenvalue weighted by molar-refractivity contribution is 4.78. The van der Waals surface area contributed by atoms with Gasteiger partial charge in [0.05, 0.1) is 19.0 Å². The molecule has 0 amide bonds. The van der Waals surface area contributed by atoms with E-state index >= 15 is 0 Å². The van der Waals surface area contributed by atoms with Crippen LogP contribution in [0.3, 0.4) is 0 Å². The molecule has 0 spiro atoms. The summed E-state index contributed by atoms with van der Waals surface area (Å²) in [6.07, 6.45) is 0.960. The first-order chi connectivity index (χ1) is 9.97. The lowest BCUT2D eigenvalue weighted by molar-refractivity contribution is -0.555. The summed E-state index contributed by atoms with van der Waals surface area (Å²) in [7, 11) is 0. The summed E-state index contributed by atoms with van der Waals surface area (Å²) in [6, 6.07) is 0. The number of ether oxygens (including phenoxy) is 6. The molecule has 0 aliphatic carbocycles. The van der Waals surface area contributed by atoms with Gasteiger partial charge in [-0.1, -0.05) is 6.58 Å². The molecule has 21 heavy (non-hydrogen) atoms. The van der Waals surface area contributed by atoms with Crippen LogP contribution in [0.2, 0.25) is 0 Å². The van der Waals surface area contributed by atoms with Gasteiger partial charge in [0.2, 0.25) is 0 Å². The van der Waals surface area contributed by atoms with Crippen LogP contribution in [0.1, 0.15) is 34.6 Å². The van der Waals surface area contributed by atoms with Crippen LogP contribution in [-0.2, 0) is 28.4 Å². The molecule has 6 nitrogen and oxygen atoms in total. The van der Waals surface area contributed by atoms with Crippen LogP contribution in [0.4, 0.5) is 0 Å². The SMILES string of the molecule is [CH2]COC(OC=C)(OC(C)C)C(OCC)(OCC)OCC. The quantitative estimate of drug-likeness (QED) is 0.385. The van der Waals surface area contributed by atoms with Crippen molar-refractivity contribution in [3.05, 3.63) is 19.8 Å². The fourth-order valence-electron chi connectivity index (χ4n) is 1.84. The predicted molar refractivity (Wildman–Crippen MR) is 79.2 cm³/mol. The van der Waals surface area contributed by atoms with E-state index in [4.69, 9.17) is 28.4 Å². The van der Waals surface area contributed by atoms with Gasteiger partial charge in [0, 0.05) is 19.8 Å². The van der Waals surface area contributed by atoms with E-state index in [1.807, 2.05) is 34.6 Å². The highest BCUT2D eigenvalue weighted by atomic mass is 17.0. The van der Waals surface area contributed by atoms with Crippen molar-refractivity contribution in [2.24, 2.45) is 0 Å².